The van der Waals surface area contributed by atoms with Crippen LogP contribution in [-0.4, -0.2) is 46.1 Å². The third-order valence-electron chi connectivity index (χ3n) is 6.14. The van der Waals surface area contributed by atoms with Crippen LogP contribution in [0.2, 0.25) is 0 Å². The maximum atomic E-state index is 12.7. The number of rotatable bonds is 11. The van der Waals surface area contributed by atoms with Crippen LogP contribution in [0.5, 0.6) is 5.75 Å². The van der Waals surface area contributed by atoms with Crippen LogP contribution < -0.4 is 10.1 Å². The molecule has 0 aliphatic carbocycles. The molecule has 3 aromatic heterocycles. The number of anilines is 1. The van der Waals surface area contributed by atoms with Crippen molar-refractivity contribution in [1.82, 2.24) is 19.9 Å². The molecule has 4 rings (SSSR count). The van der Waals surface area contributed by atoms with Crippen molar-refractivity contribution in [3.63, 3.8) is 0 Å². The van der Waals surface area contributed by atoms with Gasteiger partial charge in [-0.2, -0.15) is 13.2 Å². The van der Waals surface area contributed by atoms with Gasteiger partial charge in [0.25, 0.3) is 0 Å². The SMILES string of the molecule is CCN(CC)CCOc1cnc2[nH]cc(Cc3ccc(NCc4ccc(C(F)(F)F)cc4)nc3)c2c1. The van der Waals surface area contributed by atoms with Crippen LogP contribution in [0.4, 0.5) is 19.0 Å². The maximum absolute atomic E-state index is 12.7. The first kappa shape index (κ1) is 25.5. The van der Waals surface area contributed by atoms with Crippen molar-refractivity contribution in [3.05, 3.63) is 83.3 Å². The number of ether oxygens (including phenoxy) is 1. The van der Waals surface area contributed by atoms with Gasteiger partial charge in [-0.25, -0.2) is 9.97 Å². The van der Waals surface area contributed by atoms with Gasteiger partial charge in [0, 0.05) is 37.3 Å². The van der Waals surface area contributed by atoms with Gasteiger partial charge >= 0.3 is 6.18 Å². The van der Waals surface area contributed by atoms with Crippen LogP contribution in [0, 0.1) is 0 Å². The number of H-pyrrole nitrogens is 1. The monoisotopic (exact) mass is 497 g/mol. The molecule has 0 radical (unpaired) electrons. The Labute approximate surface area is 208 Å². The van der Waals surface area contributed by atoms with E-state index in [9.17, 15) is 13.2 Å². The van der Waals surface area contributed by atoms with Gasteiger partial charge in [-0.3, -0.25) is 0 Å². The second-order valence-electron chi connectivity index (χ2n) is 8.53. The number of alkyl halides is 3. The minimum absolute atomic E-state index is 0.385. The Morgan fingerprint density at radius 1 is 0.972 bits per heavy atom. The molecule has 0 unspecified atom stereocenters. The third-order valence-corrected chi connectivity index (χ3v) is 6.14. The standard InChI is InChI=1S/C27H30F3N5O/c1-3-35(4-2)11-12-36-23-14-24-21(17-33-26(24)34-18-23)13-20-7-10-25(32-16-20)31-15-19-5-8-22(9-6-19)27(28,29)30/h5-10,14,16-18H,3-4,11-13,15H2,1-2H3,(H,31,32)(H,33,34). The van der Waals surface area contributed by atoms with Crippen LogP contribution >= 0.6 is 0 Å². The number of likely N-dealkylation sites (N-methyl/N-ethyl adjacent to an activating group) is 1. The summed E-state index contributed by atoms with van der Waals surface area (Å²) in [5.74, 6) is 1.40. The molecule has 0 aliphatic rings. The average Bonchev–Trinajstić information content (AvgIpc) is 3.28. The molecule has 4 aromatic rings. The summed E-state index contributed by atoms with van der Waals surface area (Å²) in [6.07, 6.45) is 1.84. The summed E-state index contributed by atoms with van der Waals surface area (Å²) in [6.45, 7) is 8.14. The number of aromatic nitrogens is 3. The second kappa shape index (κ2) is 11.4. The molecule has 0 spiro atoms. The van der Waals surface area contributed by atoms with E-state index in [-0.39, 0.29) is 0 Å². The average molecular weight is 498 g/mol. The first-order valence-corrected chi connectivity index (χ1v) is 12.0. The summed E-state index contributed by atoms with van der Waals surface area (Å²) in [5, 5.41) is 4.16. The van der Waals surface area contributed by atoms with E-state index < -0.39 is 11.7 Å². The number of nitrogens with zero attached hydrogens (tertiary/aromatic N) is 3. The van der Waals surface area contributed by atoms with Gasteiger partial charge in [-0.1, -0.05) is 32.0 Å². The molecule has 0 atom stereocenters. The number of benzene rings is 1. The van der Waals surface area contributed by atoms with E-state index in [4.69, 9.17) is 4.74 Å². The van der Waals surface area contributed by atoms with Gasteiger partial charge in [-0.15, -0.1) is 0 Å². The van der Waals surface area contributed by atoms with E-state index in [1.807, 2.05) is 24.4 Å². The van der Waals surface area contributed by atoms with Crippen molar-refractivity contribution in [2.75, 3.05) is 31.6 Å². The van der Waals surface area contributed by atoms with Gasteiger partial charge in [0.15, 0.2) is 0 Å². The fourth-order valence-electron chi connectivity index (χ4n) is 3.95. The quantitative estimate of drug-likeness (QED) is 0.270. The van der Waals surface area contributed by atoms with Crippen molar-refractivity contribution in [1.29, 1.82) is 0 Å². The minimum Gasteiger partial charge on any atom is -0.491 e. The fraction of sp³-hybridized carbons (Fsp3) is 0.333. The van der Waals surface area contributed by atoms with Crippen molar-refractivity contribution in [2.45, 2.75) is 33.0 Å². The smallest absolute Gasteiger partial charge is 0.416 e. The van der Waals surface area contributed by atoms with Crippen LogP contribution in [-0.2, 0) is 19.1 Å². The lowest BCUT2D eigenvalue weighted by Crippen LogP contribution is -2.27. The number of pyridine rings is 2. The summed E-state index contributed by atoms with van der Waals surface area (Å²) in [5.41, 5.74) is 3.03. The number of aromatic amines is 1. The van der Waals surface area contributed by atoms with E-state index in [0.717, 1.165) is 65.2 Å². The Balaban J connectivity index is 1.35. The summed E-state index contributed by atoms with van der Waals surface area (Å²) < 4.78 is 44.1. The zero-order valence-corrected chi connectivity index (χ0v) is 20.4. The summed E-state index contributed by atoms with van der Waals surface area (Å²) in [4.78, 5) is 14.5. The van der Waals surface area contributed by atoms with Crippen molar-refractivity contribution in [3.8, 4) is 5.75 Å². The number of nitrogens with one attached hydrogen (secondary N) is 2. The van der Waals surface area contributed by atoms with Crippen LogP contribution in [0.15, 0.2) is 61.1 Å². The fourth-order valence-corrected chi connectivity index (χ4v) is 3.95. The number of hydrogen-bond donors (Lipinski definition) is 2. The molecule has 1 aromatic carbocycles. The lowest BCUT2D eigenvalue weighted by Gasteiger charge is -2.17. The normalized spacial score (nSPS) is 11.8. The predicted molar refractivity (Wildman–Crippen MR) is 135 cm³/mol. The number of fused-ring (bicyclic) bond motifs is 1. The zero-order chi connectivity index (χ0) is 25.5. The molecule has 36 heavy (non-hydrogen) atoms. The molecule has 6 nitrogen and oxygen atoms in total. The van der Waals surface area contributed by atoms with Crippen molar-refractivity contribution < 1.29 is 17.9 Å². The topological polar surface area (TPSA) is 66.1 Å². The van der Waals surface area contributed by atoms with E-state index >= 15 is 0 Å². The Morgan fingerprint density at radius 3 is 2.39 bits per heavy atom. The molecule has 190 valence electrons. The van der Waals surface area contributed by atoms with Crippen molar-refractivity contribution >= 4 is 16.9 Å². The predicted octanol–water partition coefficient (Wildman–Crippen LogP) is 5.90. The largest absolute Gasteiger partial charge is 0.491 e. The highest BCUT2D eigenvalue weighted by Gasteiger charge is 2.29. The Bertz CT molecular complexity index is 1250. The van der Waals surface area contributed by atoms with Crippen molar-refractivity contribution in [2.24, 2.45) is 0 Å². The number of halogens is 3. The maximum Gasteiger partial charge on any atom is 0.416 e. The summed E-state index contributed by atoms with van der Waals surface area (Å²) >= 11 is 0. The molecule has 9 heteroatoms. The molecular formula is C27H30F3N5O. The van der Waals surface area contributed by atoms with Gasteiger partial charge in [-0.05, 0) is 54.0 Å². The first-order valence-electron chi connectivity index (χ1n) is 12.0. The molecular weight excluding hydrogens is 467 g/mol. The van der Waals surface area contributed by atoms with Crippen LogP contribution in [0.3, 0.4) is 0 Å². The third kappa shape index (κ3) is 6.54. The van der Waals surface area contributed by atoms with Gasteiger partial charge in [0.2, 0.25) is 0 Å². The zero-order valence-electron chi connectivity index (χ0n) is 20.4. The molecule has 0 saturated heterocycles. The molecule has 0 bridgehead atoms. The van der Waals surface area contributed by atoms with Gasteiger partial charge < -0.3 is 19.9 Å². The molecule has 2 N–H and O–H groups in total. The lowest BCUT2D eigenvalue weighted by molar-refractivity contribution is -0.137. The van der Waals surface area contributed by atoms with Crippen LogP contribution in [0.1, 0.15) is 36.1 Å². The number of hydrogen-bond acceptors (Lipinski definition) is 5. The van der Waals surface area contributed by atoms with E-state index in [1.54, 1.807) is 12.4 Å². The minimum atomic E-state index is -4.33. The molecule has 0 aliphatic heterocycles. The Kier molecular flexibility index (Phi) is 8.10. The van der Waals surface area contributed by atoms with Gasteiger partial charge in [0.1, 0.15) is 23.8 Å². The highest BCUT2D eigenvalue weighted by molar-refractivity contribution is 5.81. The summed E-state index contributed by atoms with van der Waals surface area (Å²) in [7, 11) is 0. The Morgan fingerprint density at radius 2 is 1.72 bits per heavy atom. The Hall–Kier alpha value is -3.59. The molecule has 0 fully saturated rings. The molecule has 0 saturated carbocycles. The molecule has 3 heterocycles. The second-order valence-corrected chi connectivity index (χ2v) is 8.53. The van der Waals surface area contributed by atoms with E-state index in [0.29, 0.717) is 25.4 Å². The van der Waals surface area contributed by atoms with E-state index in [1.165, 1.54) is 12.1 Å². The van der Waals surface area contributed by atoms with Crippen LogP contribution in [0.25, 0.3) is 11.0 Å². The molecule has 0 amide bonds. The highest BCUT2D eigenvalue weighted by Crippen LogP contribution is 2.29. The van der Waals surface area contributed by atoms with Gasteiger partial charge in [0.05, 0.1) is 11.8 Å². The summed E-state index contributed by atoms with van der Waals surface area (Å²) in [6, 6.07) is 11.0. The lowest BCUT2D eigenvalue weighted by atomic mass is 10.1. The highest BCUT2D eigenvalue weighted by atomic mass is 19.4. The first-order chi connectivity index (χ1) is 17.4. The van der Waals surface area contributed by atoms with E-state index in [2.05, 4.69) is 39.0 Å².